The van der Waals surface area contributed by atoms with E-state index in [1.165, 1.54) is 18.2 Å². The molecule has 1 fully saturated rings. The maximum Gasteiger partial charge on any atom is 0.490 e. The molecule has 1 aromatic heterocycles. The summed E-state index contributed by atoms with van der Waals surface area (Å²) in [5.74, 6) is -0.652. The number of nitrogens with zero attached hydrogens (tertiary/aromatic N) is 2. The van der Waals surface area contributed by atoms with Gasteiger partial charge in [0.2, 0.25) is 0 Å². The first-order valence-electron chi connectivity index (χ1n) is 9.23. The third-order valence-electron chi connectivity index (χ3n) is 4.17. The molecule has 192 valence electrons. The van der Waals surface area contributed by atoms with Crippen molar-refractivity contribution in [2.45, 2.75) is 18.4 Å². The van der Waals surface area contributed by atoms with Gasteiger partial charge in [0.15, 0.2) is 6.23 Å². The number of rotatable bonds is 9. The summed E-state index contributed by atoms with van der Waals surface area (Å²) in [6, 6.07) is 9.28. The molecular formula is C15H18N3O14P3. The minimum Gasteiger partial charge on any atom is -0.386 e. The molecule has 2 unspecified atom stereocenters. The van der Waals surface area contributed by atoms with Gasteiger partial charge in [0.1, 0.15) is 18.0 Å². The zero-order chi connectivity index (χ0) is 26.0. The second-order valence-corrected chi connectivity index (χ2v) is 11.1. The Morgan fingerprint density at radius 1 is 1.06 bits per heavy atom. The number of benzene rings is 1. The van der Waals surface area contributed by atoms with Crippen molar-refractivity contribution in [2.75, 3.05) is 11.9 Å². The minimum atomic E-state index is -5.76. The highest BCUT2D eigenvalue weighted by molar-refractivity contribution is 7.66. The van der Waals surface area contributed by atoms with Gasteiger partial charge in [-0.05, 0) is 18.2 Å². The van der Waals surface area contributed by atoms with E-state index in [9.17, 15) is 38.2 Å². The Kier molecular flexibility index (Phi) is 8.23. The van der Waals surface area contributed by atoms with E-state index in [4.69, 9.17) is 14.5 Å². The normalized spacial score (nSPS) is 23.9. The van der Waals surface area contributed by atoms with Crippen LogP contribution in [0.15, 0.2) is 47.4 Å². The molecule has 0 saturated carbocycles. The van der Waals surface area contributed by atoms with Gasteiger partial charge in [-0.3, -0.25) is 13.9 Å². The number of nitrogens with one attached hydrogen (secondary N) is 1. The van der Waals surface area contributed by atoms with E-state index in [1.807, 2.05) is 0 Å². The number of aliphatic hydroxyl groups excluding tert-OH is 1. The molecule has 1 aromatic carbocycles. The molecule has 1 saturated heterocycles. The summed E-state index contributed by atoms with van der Waals surface area (Å²) in [7, 11) is -16.9. The van der Waals surface area contributed by atoms with Gasteiger partial charge in [0.05, 0.1) is 6.61 Å². The molecule has 5 atom stereocenters. The summed E-state index contributed by atoms with van der Waals surface area (Å²) >= 11 is 0. The highest BCUT2D eigenvalue weighted by atomic mass is 31.3. The van der Waals surface area contributed by atoms with E-state index in [0.29, 0.717) is 5.56 Å². The number of ether oxygens (including phenoxy) is 1. The summed E-state index contributed by atoms with van der Waals surface area (Å²) in [4.78, 5) is 64.1. The van der Waals surface area contributed by atoms with Crippen LogP contribution in [0.2, 0.25) is 0 Å². The van der Waals surface area contributed by atoms with Crippen molar-refractivity contribution in [2.24, 2.45) is 0 Å². The summed E-state index contributed by atoms with van der Waals surface area (Å²) in [5.41, 5.74) is -0.679. The topological polar surface area (TPSA) is 253 Å². The monoisotopic (exact) mass is 557 g/mol. The van der Waals surface area contributed by atoms with Gasteiger partial charge in [-0.1, -0.05) is 18.2 Å². The molecule has 17 nitrogen and oxygen atoms in total. The fourth-order valence-corrected chi connectivity index (χ4v) is 6.02. The van der Waals surface area contributed by atoms with Crippen molar-refractivity contribution in [3.63, 3.8) is 0 Å². The lowest BCUT2D eigenvalue weighted by Crippen LogP contribution is -2.36. The van der Waals surface area contributed by atoms with Crippen LogP contribution in [0.25, 0.3) is 0 Å². The van der Waals surface area contributed by atoms with Crippen molar-refractivity contribution in [3.05, 3.63) is 58.6 Å². The smallest absolute Gasteiger partial charge is 0.386 e. The molecule has 35 heavy (non-hydrogen) atoms. The van der Waals surface area contributed by atoms with Gasteiger partial charge in [-0.2, -0.15) is 13.6 Å². The highest BCUT2D eigenvalue weighted by Gasteiger charge is 2.46. The largest absolute Gasteiger partial charge is 0.490 e. The van der Waals surface area contributed by atoms with Gasteiger partial charge >= 0.3 is 29.2 Å². The van der Waals surface area contributed by atoms with Crippen molar-refractivity contribution in [1.82, 2.24) is 9.55 Å². The van der Waals surface area contributed by atoms with Crippen LogP contribution in [0.4, 0.5) is 5.82 Å². The lowest BCUT2D eigenvalue weighted by atomic mass is 10.2. The Labute approximate surface area is 195 Å². The summed E-state index contributed by atoms with van der Waals surface area (Å²) < 4.78 is 51.7. The first-order chi connectivity index (χ1) is 16.2. The number of phosphoric acid groups is 3. The third kappa shape index (κ3) is 7.69. The number of carbonyl (C=O) groups is 1. The van der Waals surface area contributed by atoms with Gasteiger partial charge in [0.25, 0.3) is 5.91 Å². The van der Waals surface area contributed by atoms with E-state index in [0.717, 1.165) is 10.8 Å². The maximum atomic E-state index is 12.4. The molecule has 1 aliphatic rings. The fourth-order valence-electron chi connectivity index (χ4n) is 2.84. The van der Waals surface area contributed by atoms with Crippen LogP contribution >= 0.6 is 23.5 Å². The maximum absolute atomic E-state index is 12.4. The molecule has 2 aromatic rings. The number of anilines is 1. The Morgan fingerprint density at radius 2 is 1.71 bits per heavy atom. The number of amides is 1. The van der Waals surface area contributed by atoms with Crippen molar-refractivity contribution in [3.8, 4) is 0 Å². The van der Waals surface area contributed by atoms with E-state index < -0.39 is 60.1 Å². The van der Waals surface area contributed by atoms with Gasteiger partial charge in [-0.15, -0.1) is 0 Å². The van der Waals surface area contributed by atoms with Gasteiger partial charge in [0, 0.05) is 11.8 Å². The molecule has 3 rings (SSSR count). The van der Waals surface area contributed by atoms with E-state index in [-0.39, 0.29) is 5.82 Å². The Hall–Kier alpha value is -2.10. The molecule has 6 N–H and O–H groups in total. The van der Waals surface area contributed by atoms with Crippen LogP contribution < -0.4 is 11.0 Å². The van der Waals surface area contributed by atoms with Crippen molar-refractivity contribution >= 4 is 35.2 Å². The van der Waals surface area contributed by atoms with Gasteiger partial charge < -0.3 is 34.7 Å². The van der Waals surface area contributed by atoms with Crippen LogP contribution in [-0.2, 0) is 31.6 Å². The number of hydrogen-bond acceptors (Lipinski definition) is 11. The first-order valence-corrected chi connectivity index (χ1v) is 13.8. The van der Waals surface area contributed by atoms with Crippen LogP contribution in [-0.4, -0.2) is 59.0 Å². The van der Waals surface area contributed by atoms with Crippen LogP contribution in [0.5, 0.6) is 0 Å². The van der Waals surface area contributed by atoms with Crippen molar-refractivity contribution in [1.29, 1.82) is 0 Å². The minimum absolute atomic E-state index is 0.114. The highest BCUT2D eigenvalue weighted by Crippen LogP contribution is 2.66. The van der Waals surface area contributed by atoms with Crippen LogP contribution in [0.3, 0.4) is 0 Å². The second-order valence-electron chi connectivity index (χ2n) is 6.77. The molecule has 2 heterocycles. The number of carbonyl (C=O) groups excluding carboxylic acids is 1. The predicted molar refractivity (Wildman–Crippen MR) is 113 cm³/mol. The number of aromatic nitrogens is 2. The standard InChI is InChI=1S/C15H18N3O14P3/c19-12-10(30-34(25,26)32-35(27,28)31-33(22,23)24)8-29-14(12)18-7-6-11(17-15(18)21)16-13(20)9-4-2-1-3-5-9/h1-7,10,12,14,19H,8H2,(H,25,26)(H,27,28)(H2,22,23,24)(H,16,17,20,21)/t10-,12+,14+/m0/s1. The Bertz CT molecular complexity index is 1280. The molecule has 0 radical (unpaired) electrons. The molecule has 1 amide bonds. The number of hydrogen-bond donors (Lipinski definition) is 6. The zero-order valence-electron chi connectivity index (χ0n) is 17.1. The zero-order valence-corrected chi connectivity index (χ0v) is 19.8. The van der Waals surface area contributed by atoms with Crippen LogP contribution in [0.1, 0.15) is 16.6 Å². The molecule has 0 aliphatic carbocycles. The van der Waals surface area contributed by atoms with Crippen molar-refractivity contribution < 1.29 is 61.1 Å². The number of aliphatic hydroxyl groups is 1. The molecule has 1 aliphatic heterocycles. The summed E-state index contributed by atoms with van der Waals surface area (Å²) in [5, 5.41) is 12.8. The Morgan fingerprint density at radius 3 is 2.31 bits per heavy atom. The third-order valence-corrected chi connectivity index (χ3v) is 8.04. The van der Waals surface area contributed by atoms with Crippen LogP contribution in [0, 0.1) is 0 Å². The summed E-state index contributed by atoms with van der Waals surface area (Å²) in [6.07, 6.45) is -3.90. The lowest BCUT2D eigenvalue weighted by Gasteiger charge is -2.21. The predicted octanol–water partition coefficient (Wildman–Crippen LogP) is 0.0972. The quantitative estimate of drug-likeness (QED) is 0.224. The SMILES string of the molecule is O=C(Nc1ccn([C@@H]2OC[C@H](OP(=O)(O)OP(=O)(O)OP(=O)(O)O)[C@H]2O)c(=O)n1)c1ccccc1. The first kappa shape index (κ1) is 27.5. The average Bonchev–Trinajstić information content (AvgIpc) is 3.05. The molecular weight excluding hydrogens is 539 g/mol. The van der Waals surface area contributed by atoms with E-state index in [2.05, 4.69) is 23.4 Å². The van der Waals surface area contributed by atoms with E-state index >= 15 is 0 Å². The fraction of sp³-hybridized carbons (Fsp3) is 0.267. The summed E-state index contributed by atoms with van der Waals surface area (Å²) in [6.45, 7) is -0.617. The number of phosphoric ester groups is 1. The van der Waals surface area contributed by atoms with Gasteiger partial charge in [-0.25, -0.2) is 18.5 Å². The average molecular weight is 557 g/mol. The van der Waals surface area contributed by atoms with E-state index in [1.54, 1.807) is 18.2 Å². The Balaban J connectivity index is 1.67. The lowest BCUT2D eigenvalue weighted by molar-refractivity contribution is -0.0209. The second kappa shape index (κ2) is 10.5. The molecule has 0 spiro atoms. The molecule has 0 bridgehead atoms. The molecule has 20 heteroatoms.